The van der Waals surface area contributed by atoms with Crippen molar-refractivity contribution in [3.8, 4) is 0 Å². The van der Waals surface area contributed by atoms with Crippen LogP contribution in [0.25, 0.3) is 0 Å². The van der Waals surface area contributed by atoms with Gasteiger partial charge in [0.25, 0.3) is 0 Å². The molecular weight excluding hydrogens is 196 g/mol. The zero-order valence-electron chi connectivity index (χ0n) is 9.03. The van der Waals surface area contributed by atoms with Gasteiger partial charge in [0, 0.05) is 12.5 Å². The first-order valence-electron chi connectivity index (χ1n) is 5.27. The van der Waals surface area contributed by atoms with E-state index in [9.17, 15) is 9.59 Å². The minimum Gasteiger partial charge on any atom is -0.481 e. The molecule has 0 spiro atoms. The largest absolute Gasteiger partial charge is 0.481 e. The van der Waals surface area contributed by atoms with Crippen LogP contribution in [0.15, 0.2) is 0 Å². The number of carbonyl (C=O) groups is 2. The number of amides is 1. The first-order valence-corrected chi connectivity index (χ1v) is 5.27. The minimum absolute atomic E-state index is 0.0373. The molecule has 0 aromatic heterocycles. The minimum atomic E-state index is -0.786. The lowest BCUT2D eigenvalue weighted by atomic mass is 10.3. The summed E-state index contributed by atoms with van der Waals surface area (Å²) in [6.45, 7) is 1.00. The Morgan fingerprint density at radius 1 is 1.47 bits per heavy atom. The van der Waals surface area contributed by atoms with Gasteiger partial charge in [-0.2, -0.15) is 0 Å². The third-order valence-corrected chi connectivity index (χ3v) is 2.29. The van der Waals surface area contributed by atoms with Crippen LogP contribution in [0.1, 0.15) is 25.7 Å². The molecule has 1 rings (SSSR count). The van der Waals surface area contributed by atoms with Gasteiger partial charge in [0.1, 0.15) is 0 Å². The van der Waals surface area contributed by atoms with Gasteiger partial charge in [-0.3, -0.25) is 14.5 Å². The summed E-state index contributed by atoms with van der Waals surface area (Å²) in [6.07, 6.45) is 2.93. The van der Waals surface area contributed by atoms with E-state index in [1.54, 1.807) is 0 Å². The number of nitrogens with zero attached hydrogens (tertiary/aromatic N) is 1. The first-order chi connectivity index (χ1) is 7.08. The molecule has 1 aliphatic carbocycles. The third kappa shape index (κ3) is 6.06. The van der Waals surface area contributed by atoms with Gasteiger partial charge in [0.15, 0.2) is 0 Å². The molecule has 0 unspecified atom stereocenters. The average Bonchev–Trinajstić information content (AvgIpc) is 2.86. The molecule has 0 bridgehead atoms. The van der Waals surface area contributed by atoms with E-state index >= 15 is 0 Å². The number of carbonyl (C=O) groups excluding carboxylic acids is 1. The van der Waals surface area contributed by atoms with Crippen molar-refractivity contribution in [3.05, 3.63) is 0 Å². The molecule has 0 aliphatic heterocycles. The maximum Gasteiger partial charge on any atom is 0.303 e. The van der Waals surface area contributed by atoms with E-state index < -0.39 is 5.97 Å². The molecule has 0 saturated heterocycles. The number of hydrogen-bond donors (Lipinski definition) is 2. The second-order valence-corrected chi connectivity index (χ2v) is 4.08. The zero-order chi connectivity index (χ0) is 11.3. The topological polar surface area (TPSA) is 69.6 Å². The highest BCUT2D eigenvalue weighted by atomic mass is 16.4. The predicted molar refractivity (Wildman–Crippen MR) is 55.5 cm³/mol. The Bertz CT molecular complexity index is 239. The standard InChI is InChI=1S/C10H18N2O3/c1-12(6-2-3-10(14)15)7-9(13)11-8-4-5-8/h8H,2-7H2,1H3,(H,11,13)(H,14,15). The van der Waals surface area contributed by atoms with Gasteiger partial charge >= 0.3 is 5.97 Å². The highest BCUT2D eigenvalue weighted by Crippen LogP contribution is 2.18. The Balaban J connectivity index is 2.03. The lowest BCUT2D eigenvalue weighted by Gasteiger charge is -2.15. The molecule has 0 aromatic rings. The lowest BCUT2D eigenvalue weighted by molar-refractivity contribution is -0.137. The number of aliphatic carboxylic acids is 1. The molecule has 0 aromatic carbocycles. The summed E-state index contributed by atoms with van der Waals surface area (Å²) in [5, 5.41) is 11.3. The van der Waals surface area contributed by atoms with Gasteiger partial charge in [-0.15, -0.1) is 0 Å². The van der Waals surface area contributed by atoms with E-state index in [4.69, 9.17) is 5.11 Å². The van der Waals surface area contributed by atoms with Crippen molar-refractivity contribution < 1.29 is 14.7 Å². The number of likely N-dealkylation sites (N-methyl/N-ethyl adjacent to an activating group) is 1. The molecule has 5 nitrogen and oxygen atoms in total. The van der Waals surface area contributed by atoms with Crippen molar-refractivity contribution in [3.63, 3.8) is 0 Å². The van der Waals surface area contributed by atoms with Crippen molar-refractivity contribution >= 4 is 11.9 Å². The van der Waals surface area contributed by atoms with Crippen molar-refractivity contribution in [2.24, 2.45) is 0 Å². The molecule has 0 heterocycles. The molecule has 1 aliphatic rings. The number of carboxylic acid groups (broad SMARTS) is 1. The van der Waals surface area contributed by atoms with Gasteiger partial charge < -0.3 is 10.4 Å². The van der Waals surface area contributed by atoms with Crippen LogP contribution in [0, 0.1) is 0 Å². The van der Waals surface area contributed by atoms with Crippen LogP contribution in [0.4, 0.5) is 0 Å². The van der Waals surface area contributed by atoms with E-state index in [1.165, 1.54) is 0 Å². The van der Waals surface area contributed by atoms with Crippen LogP contribution in [-0.4, -0.2) is 48.1 Å². The molecular formula is C10H18N2O3. The second-order valence-electron chi connectivity index (χ2n) is 4.08. The molecule has 0 atom stereocenters. The summed E-state index contributed by atoms with van der Waals surface area (Å²) in [7, 11) is 1.83. The summed E-state index contributed by atoms with van der Waals surface area (Å²) in [4.78, 5) is 23.4. The van der Waals surface area contributed by atoms with Crippen LogP contribution in [-0.2, 0) is 9.59 Å². The maximum atomic E-state index is 11.3. The average molecular weight is 214 g/mol. The van der Waals surface area contributed by atoms with Crippen molar-refractivity contribution in [2.45, 2.75) is 31.7 Å². The number of carboxylic acids is 1. The Morgan fingerprint density at radius 3 is 2.67 bits per heavy atom. The van der Waals surface area contributed by atoms with Crippen LogP contribution in [0.2, 0.25) is 0 Å². The molecule has 2 N–H and O–H groups in total. The summed E-state index contributed by atoms with van der Waals surface area (Å²) in [5.41, 5.74) is 0. The van der Waals surface area contributed by atoms with Crippen molar-refractivity contribution in [1.82, 2.24) is 10.2 Å². The highest BCUT2D eigenvalue weighted by molar-refractivity contribution is 5.78. The van der Waals surface area contributed by atoms with Gasteiger partial charge in [0.05, 0.1) is 6.54 Å². The van der Waals surface area contributed by atoms with Gasteiger partial charge in [-0.05, 0) is 32.9 Å². The number of nitrogens with one attached hydrogen (secondary N) is 1. The highest BCUT2D eigenvalue weighted by Gasteiger charge is 2.23. The van der Waals surface area contributed by atoms with E-state index in [-0.39, 0.29) is 12.3 Å². The van der Waals surface area contributed by atoms with Crippen LogP contribution < -0.4 is 5.32 Å². The van der Waals surface area contributed by atoms with E-state index in [0.29, 0.717) is 25.6 Å². The van der Waals surface area contributed by atoms with E-state index in [2.05, 4.69) is 5.32 Å². The molecule has 5 heteroatoms. The third-order valence-electron chi connectivity index (χ3n) is 2.29. The molecule has 15 heavy (non-hydrogen) atoms. The summed E-state index contributed by atoms with van der Waals surface area (Å²) >= 11 is 0. The fourth-order valence-corrected chi connectivity index (χ4v) is 1.33. The van der Waals surface area contributed by atoms with E-state index in [1.807, 2.05) is 11.9 Å². The molecule has 86 valence electrons. The quantitative estimate of drug-likeness (QED) is 0.629. The molecule has 1 amide bonds. The predicted octanol–water partition coefficient (Wildman–Crippen LogP) is 0.0616. The smallest absolute Gasteiger partial charge is 0.303 e. The maximum absolute atomic E-state index is 11.3. The van der Waals surface area contributed by atoms with Gasteiger partial charge in [-0.25, -0.2) is 0 Å². The normalized spacial score (nSPS) is 15.3. The monoisotopic (exact) mass is 214 g/mol. The molecule has 0 radical (unpaired) electrons. The molecule has 1 saturated carbocycles. The Hall–Kier alpha value is -1.10. The van der Waals surface area contributed by atoms with E-state index in [0.717, 1.165) is 12.8 Å². The van der Waals surface area contributed by atoms with Crippen LogP contribution in [0.3, 0.4) is 0 Å². The number of rotatable bonds is 7. The second kappa shape index (κ2) is 5.70. The summed E-state index contributed by atoms with van der Waals surface area (Å²) in [6, 6.07) is 0.393. The van der Waals surface area contributed by atoms with Crippen LogP contribution >= 0.6 is 0 Å². The van der Waals surface area contributed by atoms with Gasteiger partial charge in [-0.1, -0.05) is 0 Å². The Kier molecular flexibility index (Phi) is 4.55. The Labute approximate surface area is 89.4 Å². The first kappa shape index (κ1) is 12.0. The van der Waals surface area contributed by atoms with Gasteiger partial charge in [0.2, 0.25) is 5.91 Å². The van der Waals surface area contributed by atoms with Crippen molar-refractivity contribution in [1.29, 1.82) is 0 Å². The fourth-order valence-electron chi connectivity index (χ4n) is 1.33. The van der Waals surface area contributed by atoms with Crippen molar-refractivity contribution in [2.75, 3.05) is 20.1 Å². The summed E-state index contributed by atoms with van der Waals surface area (Å²) < 4.78 is 0. The Morgan fingerprint density at radius 2 is 2.13 bits per heavy atom. The number of hydrogen-bond acceptors (Lipinski definition) is 3. The summed E-state index contributed by atoms with van der Waals surface area (Å²) in [5.74, 6) is -0.749. The van der Waals surface area contributed by atoms with Crippen LogP contribution in [0.5, 0.6) is 0 Å². The fraction of sp³-hybridized carbons (Fsp3) is 0.800. The lowest BCUT2D eigenvalue weighted by Crippen LogP contribution is -2.36. The molecule has 1 fully saturated rings. The SMILES string of the molecule is CN(CCCC(=O)O)CC(=O)NC1CC1. The zero-order valence-corrected chi connectivity index (χ0v) is 9.03.